The second kappa shape index (κ2) is 11.1. The number of carbonyl (C=O) groups is 2. The van der Waals surface area contributed by atoms with E-state index in [0.717, 1.165) is 22.4 Å². The van der Waals surface area contributed by atoms with E-state index in [1.807, 2.05) is 110 Å². The van der Waals surface area contributed by atoms with E-state index in [9.17, 15) is 9.59 Å². The van der Waals surface area contributed by atoms with Gasteiger partial charge >= 0.3 is 0 Å². The molecule has 0 radical (unpaired) electrons. The summed E-state index contributed by atoms with van der Waals surface area (Å²) >= 11 is 6.70. The predicted octanol–water partition coefficient (Wildman–Crippen LogP) is 6.07. The molecule has 1 saturated heterocycles. The van der Waals surface area contributed by atoms with Crippen LogP contribution in [0.5, 0.6) is 0 Å². The largest absolute Gasteiger partial charge is 0.306 e. The number of amides is 2. The van der Waals surface area contributed by atoms with Crippen LogP contribution in [-0.2, 0) is 16.1 Å². The molecular weight excluding hydrogens is 460 g/mol. The van der Waals surface area contributed by atoms with Crippen LogP contribution in [0.1, 0.15) is 18.1 Å². The summed E-state index contributed by atoms with van der Waals surface area (Å²) < 4.78 is 0.393. The molecule has 6 heteroatoms. The van der Waals surface area contributed by atoms with Crippen molar-refractivity contribution in [2.45, 2.75) is 13.5 Å². The molecule has 0 aromatic heterocycles. The average molecular weight is 485 g/mol. The average Bonchev–Trinajstić information content (AvgIpc) is 3.11. The second-order valence-electron chi connectivity index (χ2n) is 7.87. The fourth-order valence-electron chi connectivity index (χ4n) is 3.61. The zero-order valence-electron chi connectivity index (χ0n) is 18.8. The van der Waals surface area contributed by atoms with E-state index in [0.29, 0.717) is 15.8 Å². The van der Waals surface area contributed by atoms with Crippen molar-refractivity contribution >= 4 is 51.9 Å². The van der Waals surface area contributed by atoms with Crippen molar-refractivity contribution in [3.05, 3.63) is 119 Å². The van der Waals surface area contributed by atoms with E-state index in [1.165, 1.54) is 16.7 Å². The summed E-state index contributed by atoms with van der Waals surface area (Å²) in [4.78, 5) is 30.1. The molecule has 34 heavy (non-hydrogen) atoms. The molecular formula is C28H24N2O2S2. The highest BCUT2D eigenvalue weighted by Gasteiger charge is 2.34. The minimum absolute atomic E-state index is 0.106. The van der Waals surface area contributed by atoms with Crippen molar-refractivity contribution in [2.75, 3.05) is 11.4 Å². The van der Waals surface area contributed by atoms with Crippen LogP contribution in [0.2, 0.25) is 0 Å². The van der Waals surface area contributed by atoms with Crippen LogP contribution in [0.15, 0.2) is 108 Å². The summed E-state index contributed by atoms with van der Waals surface area (Å²) in [5.74, 6) is -0.430. The number of anilines is 1. The number of carbonyl (C=O) groups excluding carboxylic acids is 2. The van der Waals surface area contributed by atoms with Crippen molar-refractivity contribution in [1.82, 2.24) is 4.90 Å². The third-order valence-electron chi connectivity index (χ3n) is 5.27. The standard InChI is InChI=1S/C28H24N2O2S2/c1-21(17-22-11-5-2-6-12-22)18-25-27(32)30(28(33)34-25)20-26(31)29(24-15-9-4-10-16-24)19-23-13-7-3-8-14-23/h2-18H,19-20H2,1H3/b21-17+,25-18+. The predicted molar refractivity (Wildman–Crippen MR) is 144 cm³/mol. The van der Waals surface area contributed by atoms with E-state index in [4.69, 9.17) is 12.2 Å². The quantitative estimate of drug-likeness (QED) is 0.302. The molecule has 0 bridgehead atoms. The van der Waals surface area contributed by atoms with Crippen molar-refractivity contribution in [2.24, 2.45) is 0 Å². The maximum Gasteiger partial charge on any atom is 0.266 e. The van der Waals surface area contributed by atoms with Crippen LogP contribution in [0.25, 0.3) is 6.08 Å². The monoisotopic (exact) mass is 484 g/mol. The Morgan fingerprint density at radius 1 is 0.941 bits per heavy atom. The van der Waals surface area contributed by atoms with E-state index in [2.05, 4.69) is 0 Å². The Labute approximate surface area is 209 Å². The summed E-state index contributed by atoms with van der Waals surface area (Å²) in [6, 6.07) is 29.2. The lowest BCUT2D eigenvalue weighted by molar-refractivity contribution is -0.127. The Morgan fingerprint density at radius 3 is 2.18 bits per heavy atom. The number of nitrogens with zero attached hydrogens (tertiary/aromatic N) is 2. The zero-order valence-corrected chi connectivity index (χ0v) is 20.4. The number of hydrogen-bond acceptors (Lipinski definition) is 4. The summed E-state index contributed by atoms with van der Waals surface area (Å²) in [7, 11) is 0. The van der Waals surface area contributed by atoms with Gasteiger partial charge < -0.3 is 4.90 Å². The van der Waals surface area contributed by atoms with Crippen LogP contribution >= 0.6 is 24.0 Å². The third kappa shape index (κ3) is 5.90. The highest BCUT2D eigenvalue weighted by Crippen LogP contribution is 2.32. The molecule has 0 unspecified atom stereocenters. The number of thioether (sulfide) groups is 1. The minimum Gasteiger partial charge on any atom is -0.306 e. The molecule has 4 rings (SSSR count). The molecule has 0 N–H and O–H groups in total. The molecule has 1 aliphatic rings. The maximum absolute atomic E-state index is 13.4. The van der Waals surface area contributed by atoms with Crippen LogP contribution < -0.4 is 4.90 Å². The number of rotatable bonds is 7. The minimum atomic E-state index is -0.239. The molecule has 2 amide bonds. The SMILES string of the molecule is CC(=C\c1ccccc1)/C=C1/SC(=S)N(CC(=O)N(Cc2ccccc2)c2ccccc2)C1=O. The Hall–Kier alpha value is -3.48. The number of benzene rings is 3. The van der Waals surface area contributed by atoms with Crippen molar-refractivity contribution < 1.29 is 9.59 Å². The highest BCUT2D eigenvalue weighted by molar-refractivity contribution is 8.26. The van der Waals surface area contributed by atoms with E-state index in [-0.39, 0.29) is 18.4 Å². The van der Waals surface area contributed by atoms with Crippen LogP contribution in [0, 0.1) is 0 Å². The van der Waals surface area contributed by atoms with Gasteiger partial charge in [0.25, 0.3) is 5.91 Å². The maximum atomic E-state index is 13.4. The molecule has 0 spiro atoms. The molecule has 170 valence electrons. The molecule has 4 nitrogen and oxygen atoms in total. The number of hydrogen-bond donors (Lipinski definition) is 0. The zero-order chi connectivity index (χ0) is 23.9. The second-order valence-corrected chi connectivity index (χ2v) is 9.54. The van der Waals surface area contributed by atoms with E-state index < -0.39 is 0 Å². The normalized spacial score (nSPS) is 15.1. The van der Waals surface area contributed by atoms with Gasteiger partial charge in [-0.25, -0.2) is 0 Å². The van der Waals surface area contributed by atoms with Gasteiger partial charge in [0.1, 0.15) is 10.9 Å². The summed E-state index contributed by atoms with van der Waals surface area (Å²) in [5, 5.41) is 0. The Bertz CT molecular complexity index is 1240. The molecule has 3 aromatic carbocycles. The van der Waals surface area contributed by atoms with E-state index >= 15 is 0 Å². The first kappa shape index (κ1) is 23.7. The van der Waals surface area contributed by atoms with Gasteiger partial charge in [-0.3, -0.25) is 14.5 Å². The van der Waals surface area contributed by atoms with Gasteiger partial charge in [0, 0.05) is 5.69 Å². The lowest BCUT2D eigenvalue weighted by atomic mass is 10.1. The van der Waals surface area contributed by atoms with Gasteiger partial charge in [-0.1, -0.05) is 109 Å². The van der Waals surface area contributed by atoms with Gasteiger partial charge in [0.15, 0.2) is 0 Å². The first-order valence-electron chi connectivity index (χ1n) is 10.9. The molecule has 0 atom stereocenters. The highest BCUT2D eigenvalue weighted by atomic mass is 32.2. The fourth-order valence-corrected chi connectivity index (χ4v) is 4.92. The molecule has 1 heterocycles. The Kier molecular flexibility index (Phi) is 7.72. The third-order valence-corrected chi connectivity index (χ3v) is 6.65. The lowest BCUT2D eigenvalue weighted by Crippen LogP contribution is -2.42. The van der Waals surface area contributed by atoms with E-state index in [1.54, 1.807) is 4.90 Å². The van der Waals surface area contributed by atoms with Crippen molar-refractivity contribution in [1.29, 1.82) is 0 Å². The topological polar surface area (TPSA) is 40.6 Å². The van der Waals surface area contributed by atoms with Gasteiger partial charge in [-0.15, -0.1) is 0 Å². The van der Waals surface area contributed by atoms with Crippen molar-refractivity contribution in [3.8, 4) is 0 Å². The summed E-state index contributed by atoms with van der Waals surface area (Å²) in [6.07, 6.45) is 3.84. The van der Waals surface area contributed by atoms with Crippen LogP contribution in [-0.4, -0.2) is 27.6 Å². The molecule has 0 aliphatic carbocycles. The van der Waals surface area contributed by atoms with Crippen LogP contribution in [0.3, 0.4) is 0 Å². The fraction of sp³-hybridized carbons (Fsp3) is 0.107. The first-order chi connectivity index (χ1) is 16.5. The molecule has 3 aromatic rings. The first-order valence-corrected chi connectivity index (χ1v) is 12.1. The Balaban J connectivity index is 1.52. The van der Waals surface area contributed by atoms with Gasteiger partial charge in [0.2, 0.25) is 5.91 Å². The van der Waals surface area contributed by atoms with Crippen LogP contribution in [0.4, 0.5) is 5.69 Å². The summed E-state index contributed by atoms with van der Waals surface area (Å²) in [6.45, 7) is 2.25. The number of para-hydroxylation sites is 1. The van der Waals surface area contributed by atoms with Crippen molar-refractivity contribution in [3.63, 3.8) is 0 Å². The van der Waals surface area contributed by atoms with Gasteiger partial charge in [0.05, 0.1) is 11.4 Å². The number of allylic oxidation sites excluding steroid dienone is 2. The van der Waals surface area contributed by atoms with Gasteiger partial charge in [-0.05, 0) is 41.8 Å². The number of thiocarbonyl (C=S) groups is 1. The molecule has 1 aliphatic heterocycles. The van der Waals surface area contributed by atoms with Gasteiger partial charge in [-0.2, -0.15) is 0 Å². The Morgan fingerprint density at radius 2 is 1.53 bits per heavy atom. The summed E-state index contributed by atoms with van der Waals surface area (Å²) in [5.41, 5.74) is 3.78. The lowest BCUT2D eigenvalue weighted by Gasteiger charge is -2.25. The molecule has 1 fully saturated rings. The smallest absolute Gasteiger partial charge is 0.266 e. The molecule has 0 saturated carbocycles.